The molecule has 0 aliphatic rings. The lowest BCUT2D eigenvalue weighted by Crippen LogP contribution is -1.86. The smallest absolute Gasteiger partial charge is 0.267 e. The van der Waals surface area contributed by atoms with Crippen molar-refractivity contribution in [2.24, 2.45) is 5.92 Å². The third-order valence-electron chi connectivity index (χ3n) is 1.53. The van der Waals surface area contributed by atoms with E-state index in [-0.39, 0.29) is 14.3 Å². The predicted octanol–water partition coefficient (Wildman–Crippen LogP) is 3.52. The van der Waals surface area contributed by atoms with Gasteiger partial charge in [0.2, 0.25) is 0 Å². The van der Waals surface area contributed by atoms with E-state index in [2.05, 4.69) is 20.8 Å². The summed E-state index contributed by atoms with van der Waals surface area (Å²) in [6.45, 7) is 8.13. The van der Waals surface area contributed by atoms with Gasteiger partial charge in [-0.3, -0.25) is 10.0 Å². The third kappa shape index (κ3) is 9.96. The number of rotatable bonds is 2. The Morgan fingerprint density at radius 2 is 1.85 bits per heavy atom. The first kappa shape index (κ1) is 13.0. The van der Waals surface area contributed by atoms with Crippen LogP contribution in [0.1, 0.15) is 19.4 Å². The number of benzene rings is 1. The number of hydrogen-bond acceptors (Lipinski definition) is 0. The van der Waals surface area contributed by atoms with Crippen LogP contribution in [0.4, 0.5) is 0 Å². The van der Waals surface area contributed by atoms with Crippen molar-refractivity contribution in [2.75, 3.05) is 0 Å². The molecule has 0 aromatic heterocycles. The standard InChI is InChI=1S/C7H7.C4H9.Al.ClH.H/c1-7-5-3-2-4-6-7;1-4(2)3;;;/h2-6H,1H2;4H,1H2,2-3H3;;1H;/q;;+1;;/p-1. The van der Waals surface area contributed by atoms with Crippen LogP contribution in [-0.4, -0.2) is 14.3 Å². The molecule has 0 unspecified atom stereocenters. The largest absolute Gasteiger partial charge is 0.377 e. The summed E-state index contributed by atoms with van der Waals surface area (Å²) in [4.78, 5) is 0. The SMILES string of the molecule is CC(C)[CH2][AlH][Cl].[CH2]c1ccccc1. The fraction of sp³-hybridized carbons (Fsp3) is 0.364. The van der Waals surface area contributed by atoms with Crippen LogP contribution in [0.3, 0.4) is 0 Å². The molecule has 0 aliphatic carbocycles. The highest BCUT2D eigenvalue weighted by Gasteiger charge is 1.91. The Morgan fingerprint density at radius 3 is 2.00 bits per heavy atom. The lowest BCUT2D eigenvalue weighted by Gasteiger charge is -1.93. The van der Waals surface area contributed by atoms with Crippen molar-refractivity contribution in [3.05, 3.63) is 42.8 Å². The third-order valence-corrected chi connectivity index (χ3v) is 3.56. The molecule has 0 saturated carbocycles. The Bertz CT molecular complexity index is 197. The normalized spacial score (nSPS) is 9.00. The summed E-state index contributed by atoms with van der Waals surface area (Å²) in [6, 6.07) is 9.87. The molecule has 0 spiro atoms. The van der Waals surface area contributed by atoms with Crippen molar-refractivity contribution in [1.29, 1.82) is 0 Å². The van der Waals surface area contributed by atoms with Crippen LogP contribution in [0.2, 0.25) is 5.28 Å². The van der Waals surface area contributed by atoms with E-state index in [4.69, 9.17) is 10.0 Å². The Kier molecular flexibility index (Phi) is 8.66. The van der Waals surface area contributed by atoms with Gasteiger partial charge in [-0.15, -0.1) is 0 Å². The van der Waals surface area contributed by atoms with E-state index in [0.717, 1.165) is 11.5 Å². The zero-order valence-electron chi connectivity index (χ0n) is 8.46. The Hall–Kier alpha value is 0.0425. The van der Waals surface area contributed by atoms with Gasteiger partial charge in [0, 0.05) is 0 Å². The molecular formula is C11H17AlCl. The van der Waals surface area contributed by atoms with E-state index < -0.39 is 0 Å². The molecule has 0 heterocycles. The average Bonchev–Trinajstić information content (AvgIpc) is 2.06. The lowest BCUT2D eigenvalue weighted by molar-refractivity contribution is 0.734. The van der Waals surface area contributed by atoms with Crippen molar-refractivity contribution in [3.63, 3.8) is 0 Å². The highest BCUT2D eigenvalue weighted by Crippen LogP contribution is 1.98. The van der Waals surface area contributed by atoms with E-state index >= 15 is 0 Å². The van der Waals surface area contributed by atoms with Gasteiger partial charge in [-0.2, -0.15) is 0 Å². The molecule has 71 valence electrons. The van der Waals surface area contributed by atoms with Crippen molar-refractivity contribution in [3.8, 4) is 0 Å². The molecular weight excluding hydrogens is 195 g/mol. The van der Waals surface area contributed by atoms with Gasteiger partial charge < -0.3 is 0 Å². The number of halogens is 1. The monoisotopic (exact) mass is 211 g/mol. The van der Waals surface area contributed by atoms with E-state index in [1.54, 1.807) is 0 Å². The molecule has 1 aromatic rings. The maximum Gasteiger partial charge on any atom is 0.377 e. The summed E-state index contributed by atoms with van der Waals surface area (Å²) < 4.78 is 0. The topological polar surface area (TPSA) is 0 Å². The Balaban J connectivity index is 0.000000226. The quantitative estimate of drug-likeness (QED) is 0.657. The molecule has 0 aliphatic heterocycles. The van der Waals surface area contributed by atoms with Gasteiger partial charge in [0.25, 0.3) is 0 Å². The van der Waals surface area contributed by atoms with Gasteiger partial charge in [-0.05, 0) is 12.5 Å². The summed E-state index contributed by atoms with van der Waals surface area (Å²) in [6.07, 6.45) is 0. The van der Waals surface area contributed by atoms with Crippen molar-refractivity contribution < 1.29 is 0 Å². The number of hydrogen-bond donors (Lipinski definition) is 0. The highest BCUT2D eigenvalue weighted by molar-refractivity contribution is 6.93. The first-order chi connectivity index (χ1) is 6.16. The summed E-state index contributed by atoms with van der Waals surface area (Å²) in [5.74, 6) is 0.828. The second kappa shape index (κ2) is 8.63. The summed E-state index contributed by atoms with van der Waals surface area (Å²) in [7, 11) is 5.54. The summed E-state index contributed by atoms with van der Waals surface area (Å²) in [5, 5.41) is 1.28. The van der Waals surface area contributed by atoms with Crippen LogP contribution in [0.25, 0.3) is 0 Å². The molecule has 13 heavy (non-hydrogen) atoms. The minimum atomic E-state index is -0.161. The zero-order chi connectivity index (χ0) is 10.1. The van der Waals surface area contributed by atoms with Gasteiger partial charge in [-0.25, -0.2) is 0 Å². The molecule has 1 aromatic carbocycles. The van der Waals surface area contributed by atoms with Crippen LogP contribution in [0.15, 0.2) is 30.3 Å². The maximum atomic E-state index is 5.54. The first-order valence-corrected chi connectivity index (χ1v) is 7.73. The average molecular weight is 212 g/mol. The molecule has 1 rings (SSSR count). The van der Waals surface area contributed by atoms with Crippen molar-refractivity contribution in [1.82, 2.24) is 0 Å². The predicted molar refractivity (Wildman–Crippen MR) is 63.5 cm³/mol. The minimum Gasteiger partial charge on any atom is -0.267 e. The Labute approximate surface area is 92.2 Å². The minimum absolute atomic E-state index is 0.161. The first-order valence-electron chi connectivity index (χ1n) is 4.59. The fourth-order valence-corrected chi connectivity index (χ4v) is 2.44. The molecule has 1 radical (unpaired) electrons. The molecule has 0 N–H and O–H groups in total. The van der Waals surface area contributed by atoms with Crippen LogP contribution in [0.5, 0.6) is 0 Å². The molecule has 0 fully saturated rings. The van der Waals surface area contributed by atoms with E-state index in [1.807, 2.05) is 30.3 Å². The van der Waals surface area contributed by atoms with Gasteiger partial charge in [0.15, 0.2) is 0 Å². The van der Waals surface area contributed by atoms with Crippen LogP contribution >= 0.6 is 10.0 Å². The van der Waals surface area contributed by atoms with E-state index in [9.17, 15) is 0 Å². The second-order valence-corrected chi connectivity index (χ2v) is 5.45. The summed E-state index contributed by atoms with van der Waals surface area (Å²) in [5.41, 5.74) is 1.07. The Morgan fingerprint density at radius 1 is 1.31 bits per heavy atom. The van der Waals surface area contributed by atoms with Crippen LogP contribution in [0, 0.1) is 12.8 Å². The maximum absolute atomic E-state index is 5.54. The van der Waals surface area contributed by atoms with E-state index in [1.165, 1.54) is 5.28 Å². The van der Waals surface area contributed by atoms with Crippen molar-refractivity contribution in [2.45, 2.75) is 19.1 Å². The molecule has 0 nitrogen and oxygen atoms in total. The molecule has 0 bridgehead atoms. The fourth-order valence-electron chi connectivity index (χ4n) is 0.696. The second-order valence-electron chi connectivity index (χ2n) is 3.36. The molecule has 0 amide bonds. The molecule has 0 atom stereocenters. The molecule has 2 heteroatoms. The highest BCUT2D eigenvalue weighted by atomic mass is 35.6. The van der Waals surface area contributed by atoms with Crippen LogP contribution in [-0.2, 0) is 0 Å². The van der Waals surface area contributed by atoms with Gasteiger partial charge in [0.05, 0.1) is 0 Å². The summed E-state index contributed by atoms with van der Waals surface area (Å²) >= 11 is -0.161. The zero-order valence-corrected chi connectivity index (χ0v) is 10.6. The molecule has 0 saturated heterocycles. The van der Waals surface area contributed by atoms with Gasteiger partial charge in [-0.1, -0.05) is 55.4 Å². The van der Waals surface area contributed by atoms with E-state index in [0.29, 0.717) is 0 Å². The van der Waals surface area contributed by atoms with Gasteiger partial charge in [0.1, 0.15) is 0 Å². The van der Waals surface area contributed by atoms with Crippen LogP contribution < -0.4 is 0 Å². The van der Waals surface area contributed by atoms with Crippen molar-refractivity contribution >= 4 is 24.3 Å². The lowest BCUT2D eigenvalue weighted by atomic mass is 10.2. The van der Waals surface area contributed by atoms with Gasteiger partial charge >= 0.3 is 14.3 Å².